The fourth-order valence-electron chi connectivity index (χ4n) is 4.35. The molecule has 2 aliphatic rings. The quantitative estimate of drug-likeness (QED) is 0.427. The third kappa shape index (κ3) is 6.07. The number of aromatic nitrogens is 2. The Morgan fingerprint density at radius 1 is 1.14 bits per heavy atom. The summed E-state index contributed by atoms with van der Waals surface area (Å²) in [4.78, 5) is 34.9. The molecular formula is C23H24F5N5O3. The first-order valence-electron chi connectivity index (χ1n) is 11.4. The van der Waals surface area contributed by atoms with Crippen LogP contribution in [0.15, 0.2) is 30.6 Å². The first-order valence-corrected chi connectivity index (χ1v) is 11.4. The number of halogens is 5. The molecule has 0 aromatic carbocycles. The van der Waals surface area contributed by atoms with Crippen LogP contribution in [0.5, 0.6) is 0 Å². The Hall–Kier alpha value is -3.35. The molecule has 2 heterocycles. The van der Waals surface area contributed by atoms with Crippen LogP contribution in [0.2, 0.25) is 0 Å². The van der Waals surface area contributed by atoms with Crippen molar-refractivity contribution in [1.82, 2.24) is 14.9 Å². The molecule has 3 N–H and O–H groups in total. The maximum atomic E-state index is 13.2. The zero-order chi connectivity index (χ0) is 26.0. The maximum absolute atomic E-state index is 13.2. The minimum Gasteiger partial charge on any atom is -0.383 e. The van der Waals surface area contributed by atoms with Gasteiger partial charge in [-0.2, -0.15) is 22.0 Å². The minimum absolute atomic E-state index is 0.0528. The lowest BCUT2D eigenvalue weighted by molar-refractivity contribution is -0.178. The number of rotatable bonds is 7. The van der Waals surface area contributed by atoms with Crippen molar-refractivity contribution >= 4 is 23.3 Å². The molecule has 0 radical (unpaired) electrons. The number of carbonyl (C=O) groups excluding carboxylic acids is 2. The molecule has 0 saturated heterocycles. The van der Waals surface area contributed by atoms with Crippen LogP contribution in [0, 0.1) is 0 Å². The zero-order valence-electron chi connectivity index (χ0n) is 19.0. The normalized spacial score (nSPS) is 19.9. The number of anilines is 2. The lowest BCUT2D eigenvalue weighted by Crippen LogP contribution is -2.49. The van der Waals surface area contributed by atoms with Crippen molar-refractivity contribution in [1.29, 1.82) is 0 Å². The van der Waals surface area contributed by atoms with Gasteiger partial charge in [0.15, 0.2) is 0 Å². The van der Waals surface area contributed by atoms with Crippen molar-refractivity contribution in [3.05, 3.63) is 47.4 Å². The summed E-state index contributed by atoms with van der Waals surface area (Å²) < 4.78 is 69.2. The van der Waals surface area contributed by atoms with Crippen molar-refractivity contribution in [2.45, 2.75) is 69.5 Å². The van der Waals surface area contributed by atoms with Gasteiger partial charge in [0.2, 0.25) is 0 Å². The van der Waals surface area contributed by atoms with Crippen LogP contribution in [0.25, 0.3) is 0 Å². The molecule has 2 aromatic heterocycles. The molecule has 13 heteroatoms. The van der Waals surface area contributed by atoms with Crippen LogP contribution in [-0.2, 0) is 27.0 Å². The van der Waals surface area contributed by atoms with Crippen LogP contribution in [0.3, 0.4) is 0 Å². The molecular weight excluding hydrogens is 489 g/mol. The number of nitrogens with two attached hydrogens (primary N) is 1. The fourth-order valence-corrected chi connectivity index (χ4v) is 4.35. The SMILES string of the molecule is Nc1ncc(NC(=O)C(=O)N(Cc2ccc(C(F)(F)F)cn2)[C@@H]2CCCC2OC(F)F)cc1C1CC1. The van der Waals surface area contributed by atoms with Crippen LogP contribution >= 0.6 is 0 Å². The van der Waals surface area contributed by atoms with Crippen molar-refractivity contribution in [3.63, 3.8) is 0 Å². The highest BCUT2D eigenvalue weighted by molar-refractivity contribution is 6.39. The predicted octanol–water partition coefficient (Wildman–Crippen LogP) is 4.08. The first kappa shape index (κ1) is 25.7. The van der Waals surface area contributed by atoms with Gasteiger partial charge in [0.05, 0.1) is 41.8 Å². The van der Waals surface area contributed by atoms with E-state index in [-0.39, 0.29) is 36.7 Å². The van der Waals surface area contributed by atoms with Crippen molar-refractivity contribution in [3.8, 4) is 0 Å². The Kier molecular flexibility index (Phi) is 7.38. The van der Waals surface area contributed by atoms with E-state index in [9.17, 15) is 31.5 Å². The molecule has 0 bridgehead atoms. The summed E-state index contributed by atoms with van der Waals surface area (Å²) in [6.45, 7) is -3.46. The molecule has 2 atom stereocenters. The predicted molar refractivity (Wildman–Crippen MR) is 118 cm³/mol. The summed E-state index contributed by atoms with van der Waals surface area (Å²) in [6.07, 6.45) is -0.913. The van der Waals surface area contributed by atoms with Gasteiger partial charge in [-0.25, -0.2) is 4.98 Å². The smallest absolute Gasteiger partial charge is 0.383 e. The number of nitrogen functional groups attached to an aromatic ring is 1. The minimum atomic E-state index is -4.60. The number of ether oxygens (including phenoxy) is 1. The van der Waals surface area contributed by atoms with Gasteiger partial charge in [-0.05, 0) is 61.8 Å². The summed E-state index contributed by atoms with van der Waals surface area (Å²) in [5.74, 6) is -1.55. The first-order chi connectivity index (χ1) is 17.0. The molecule has 0 aliphatic heterocycles. The largest absolute Gasteiger partial charge is 0.417 e. The van der Waals surface area contributed by atoms with Crippen molar-refractivity contribution < 1.29 is 36.3 Å². The maximum Gasteiger partial charge on any atom is 0.417 e. The van der Waals surface area contributed by atoms with Crippen LogP contribution in [-0.4, -0.2) is 45.4 Å². The summed E-state index contributed by atoms with van der Waals surface area (Å²) in [7, 11) is 0. The number of nitrogens with zero attached hydrogens (tertiary/aromatic N) is 3. The van der Waals surface area contributed by atoms with E-state index in [4.69, 9.17) is 5.73 Å². The van der Waals surface area contributed by atoms with E-state index in [1.165, 1.54) is 6.20 Å². The monoisotopic (exact) mass is 513 g/mol. The molecule has 194 valence electrons. The molecule has 8 nitrogen and oxygen atoms in total. The standard InChI is InChI=1S/C23H24F5N5O3/c24-22(25)36-18-3-1-2-17(18)33(11-14-7-6-13(9-30-14)23(26,27)28)21(35)20(34)32-15-8-16(12-4-5-12)19(29)31-10-15/h6-10,12,17-18,22H,1-5,11H2,(H2,29,31)(H,32,34)/t17-,18?/m1/s1. The number of carbonyl (C=O) groups is 2. The van der Waals surface area contributed by atoms with Gasteiger partial charge in [-0.3, -0.25) is 14.6 Å². The van der Waals surface area contributed by atoms with Gasteiger partial charge in [-0.15, -0.1) is 0 Å². The topological polar surface area (TPSA) is 110 Å². The van der Waals surface area contributed by atoms with E-state index in [0.29, 0.717) is 18.4 Å². The molecule has 36 heavy (non-hydrogen) atoms. The average molecular weight is 513 g/mol. The molecule has 2 amide bonds. The van der Waals surface area contributed by atoms with Gasteiger partial charge in [0, 0.05) is 6.20 Å². The number of amides is 2. The Labute approximate surface area is 203 Å². The second-order valence-corrected chi connectivity index (χ2v) is 8.83. The Morgan fingerprint density at radius 2 is 1.89 bits per heavy atom. The second kappa shape index (κ2) is 10.3. The Bertz CT molecular complexity index is 1110. The zero-order valence-corrected chi connectivity index (χ0v) is 19.0. The van der Waals surface area contributed by atoms with E-state index in [1.54, 1.807) is 6.07 Å². The third-order valence-electron chi connectivity index (χ3n) is 6.26. The van der Waals surface area contributed by atoms with Gasteiger partial charge < -0.3 is 20.7 Å². The van der Waals surface area contributed by atoms with Crippen LogP contribution in [0.4, 0.5) is 33.5 Å². The van der Waals surface area contributed by atoms with Gasteiger partial charge in [-0.1, -0.05) is 0 Å². The molecule has 2 aromatic rings. The van der Waals surface area contributed by atoms with E-state index in [1.807, 2.05) is 0 Å². The number of hydrogen-bond acceptors (Lipinski definition) is 6. The molecule has 2 fully saturated rings. The summed E-state index contributed by atoms with van der Waals surface area (Å²) in [5.41, 5.74) is 5.95. The summed E-state index contributed by atoms with van der Waals surface area (Å²) in [5, 5.41) is 2.46. The summed E-state index contributed by atoms with van der Waals surface area (Å²) >= 11 is 0. The van der Waals surface area contributed by atoms with E-state index in [0.717, 1.165) is 35.4 Å². The van der Waals surface area contributed by atoms with E-state index >= 15 is 0 Å². The lowest BCUT2D eigenvalue weighted by atomic mass is 10.1. The van der Waals surface area contributed by atoms with Gasteiger partial charge in [0.25, 0.3) is 0 Å². The average Bonchev–Trinajstić information content (AvgIpc) is 3.57. The molecule has 2 aliphatic carbocycles. The highest BCUT2D eigenvalue weighted by atomic mass is 19.4. The van der Waals surface area contributed by atoms with E-state index < -0.39 is 42.3 Å². The molecule has 1 unspecified atom stereocenters. The number of nitrogens with one attached hydrogen (secondary N) is 1. The number of hydrogen-bond donors (Lipinski definition) is 2. The molecule has 4 rings (SSSR count). The number of pyridine rings is 2. The lowest BCUT2D eigenvalue weighted by Gasteiger charge is -2.32. The van der Waals surface area contributed by atoms with Gasteiger partial charge >= 0.3 is 24.6 Å². The molecule has 2 saturated carbocycles. The Balaban J connectivity index is 1.55. The van der Waals surface area contributed by atoms with Crippen molar-refractivity contribution in [2.75, 3.05) is 11.1 Å². The number of alkyl halides is 5. The highest BCUT2D eigenvalue weighted by Gasteiger charge is 2.39. The summed E-state index contributed by atoms with van der Waals surface area (Å²) in [6, 6.07) is 2.61. The highest BCUT2D eigenvalue weighted by Crippen LogP contribution is 2.42. The van der Waals surface area contributed by atoms with E-state index in [2.05, 4.69) is 20.0 Å². The van der Waals surface area contributed by atoms with Crippen LogP contribution in [0.1, 0.15) is 54.8 Å². The Morgan fingerprint density at radius 3 is 2.50 bits per heavy atom. The fraction of sp³-hybridized carbons (Fsp3) is 0.478. The van der Waals surface area contributed by atoms with Crippen LogP contribution < -0.4 is 11.1 Å². The molecule has 0 spiro atoms. The van der Waals surface area contributed by atoms with Crippen molar-refractivity contribution in [2.24, 2.45) is 0 Å². The third-order valence-corrected chi connectivity index (χ3v) is 6.26. The second-order valence-electron chi connectivity index (χ2n) is 8.83. The van der Waals surface area contributed by atoms with Gasteiger partial charge in [0.1, 0.15) is 5.82 Å².